The minimum atomic E-state index is 0.788. The highest BCUT2D eigenvalue weighted by molar-refractivity contribution is 5.91. The summed E-state index contributed by atoms with van der Waals surface area (Å²) in [5.74, 6) is 0.788. The van der Waals surface area contributed by atoms with Crippen LogP contribution in [0.1, 0.15) is 24.8 Å². The Morgan fingerprint density at radius 2 is 1.79 bits per heavy atom. The number of nitrogens with one attached hydrogen (secondary N) is 2. The lowest BCUT2D eigenvalue weighted by Gasteiger charge is -2.34. The third-order valence-electron chi connectivity index (χ3n) is 7.12. The second kappa shape index (κ2) is 9.19. The SMILES string of the molecule is CN1CCN(c2cccc3[nH]c(-c4cc(-c5cncc(CN6CCCCC6)c5)[nH]n4)nc23)CC1. The molecule has 0 atom stereocenters. The van der Waals surface area contributed by atoms with Gasteiger partial charge in [-0.05, 0) is 62.8 Å². The molecule has 0 unspecified atom stereocenters. The van der Waals surface area contributed by atoms with Gasteiger partial charge in [0.1, 0.15) is 11.2 Å². The lowest BCUT2D eigenvalue weighted by atomic mass is 10.1. The van der Waals surface area contributed by atoms with E-state index < -0.39 is 0 Å². The number of fused-ring (bicyclic) bond motifs is 1. The Kier molecular flexibility index (Phi) is 5.76. The fraction of sp³-hybridized carbons (Fsp3) is 0.423. The lowest BCUT2D eigenvalue weighted by Crippen LogP contribution is -2.44. The van der Waals surface area contributed by atoms with E-state index in [1.165, 1.54) is 43.6 Å². The first-order valence-electron chi connectivity index (χ1n) is 12.4. The number of pyridine rings is 1. The molecule has 5 heterocycles. The van der Waals surface area contributed by atoms with Gasteiger partial charge in [0, 0.05) is 50.7 Å². The molecule has 0 aliphatic carbocycles. The van der Waals surface area contributed by atoms with Crippen molar-refractivity contribution in [3.05, 3.63) is 48.3 Å². The molecule has 176 valence electrons. The van der Waals surface area contributed by atoms with E-state index in [2.05, 4.69) is 72.2 Å². The zero-order valence-corrected chi connectivity index (χ0v) is 19.8. The molecule has 3 aromatic heterocycles. The van der Waals surface area contributed by atoms with Crippen molar-refractivity contribution in [1.29, 1.82) is 0 Å². The predicted octanol–water partition coefficient (Wildman–Crippen LogP) is 3.75. The minimum Gasteiger partial charge on any atom is -0.367 e. The number of likely N-dealkylation sites (N-methyl/N-ethyl adjacent to an activating group) is 1. The van der Waals surface area contributed by atoms with Crippen molar-refractivity contribution >= 4 is 16.7 Å². The van der Waals surface area contributed by atoms with Crippen molar-refractivity contribution in [2.24, 2.45) is 0 Å². The predicted molar refractivity (Wildman–Crippen MR) is 136 cm³/mol. The summed E-state index contributed by atoms with van der Waals surface area (Å²) in [5, 5.41) is 7.78. The highest BCUT2D eigenvalue weighted by Crippen LogP contribution is 2.30. The van der Waals surface area contributed by atoms with Crippen molar-refractivity contribution in [1.82, 2.24) is 34.9 Å². The summed E-state index contributed by atoms with van der Waals surface area (Å²) in [6, 6.07) is 10.7. The Morgan fingerprint density at radius 1 is 0.941 bits per heavy atom. The fourth-order valence-electron chi connectivity index (χ4n) is 5.13. The summed E-state index contributed by atoms with van der Waals surface area (Å²) in [6.45, 7) is 7.50. The second-order valence-corrected chi connectivity index (χ2v) is 9.63. The van der Waals surface area contributed by atoms with E-state index in [1.807, 2.05) is 12.4 Å². The molecule has 0 amide bonds. The second-order valence-electron chi connectivity index (χ2n) is 9.63. The maximum atomic E-state index is 4.96. The molecule has 1 aromatic carbocycles. The number of hydrogen-bond acceptors (Lipinski definition) is 6. The molecule has 8 heteroatoms. The van der Waals surface area contributed by atoms with Gasteiger partial charge >= 0.3 is 0 Å². The van der Waals surface area contributed by atoms with Gasteiger partial charge in [0.15, 0.2) is 5.82 Å². The lowest BCUT2D eigenvalue weighted by molar-refractivity contribution is 0.220. The van der Waals surface area contributed by atoms with Gasteiger partial charge < -0.3 is 14.8 Å². The summed E-state index contributed by atoms with van der Waals surface area (Å²) in [5.41, 5.74) is 7.33. The van der Waals surface area contributed by atoms with Gasteiger partial charge in [-0.25, -0.2) is 4.98 Å². The van der Waals surface area contributed by atoms with Crippen LogP contribution >= 0.6 is 0 Å². The highest BCUT2D eigenvalue weighted by Gasteiger charge is 2.19. The number of rotatable bonds is 5. The van der Waals surface area contributed by atoms with E-state index in [0.29, 0.717) is 0 Å². The minimum absolute atomic E-state index is 0.788. The standard InChI is InChI=1S/C26H32N8/c1-32-10-12-34(13-11-32)24-7-5-6-21-25(24)29-26(28-21)23-15-22(30-31-23)20-14-19(16-27-17-20)18-33-8-3-2-4-9-33/h5-7,14-17H,2-4,8-13,18H2,1H3,(H,28,29)(H,30,31). The van der Waals surface area contributed by atoms with Crippen molar-refractivity contribution in [3.8, 4) is 22.8 Å². The van der Waals surface area contributed by atoms with Gasteiger partial charge in [-0.3, -0.25) is 15.0 Å². The fourth-order valence-corrected chi connectivity index (χ4v) is 5.13. The topological polar surface area (TPSA) is 80.0 Å². The van der Waals surface area contributed by atoms with E-state index in [9.17, 15) is 0 Å². The van der Waals surface area contributed by atoms with Gasteiger partial charge in [0.25, 0.3) is 0 Å². The first-order valence-corrected chi connectivity index (χ1v) is 12.4. The van der Waals surface area contributed by atoms with Crippen LogP contribution in [0.3, 0.4) is 0 Å². The molecule has 34 heavy (non-hydrogen) atoms. The molecule has 2 aliphatic rings. The molecular formula is C26H32N8. The van der Waals surface area contributed by atoms with Crippen LogP contribution in [0.4, 0.5) is 5.69 Å². The molecule has 2 fully saturated rings. The van der Waals surface area contributed by atoms with Crippen molar-refractivity contribution in [3.63, 3.8) is 0 Å². The number of imidazole rings is 1. The largest absolute Gasteiger partial charge is 0.367 e. The van der Waals surface area contributed by atoms with Gasteiger partial charge in [0.2, 0.25) is 0 Å². The monoisotopic (exact) mass is 456 g/mol. The van der Waals surface area contributed by atoms with E-state index in [-0.39, 0.29) is 0 Å². The quantitative estimate of drug-likeness (QED) is 0.476. The van der Waals surface area contributed by atoms with Crippen molar-refractivity contribution in [2.75, 3.05) is 51.2 Å². The third-order valence-corrected chi connectivity index (χ3v) is 7.12. The summed E-state index contributed by atoms with van der Waals surface area (Å²) in [4.78, 5) is 20.3. The molecule has 2 saturated heterocycles. The van der Waals surface area contributed by atoms with Crippen LogP contribution < -0.4 is 4.90 Å². The summed E-state index contributed by atoms with van der Waals surface area (Å²) in [7, 11) is 2.18. The number of anilines is 1. The van der Waals surface area contributed by atoms with Crippen molar-refractivity contribution < 1.29 is 0 Å². The molecule has 0 saturated carbocycles. The molecular weight excluding hydrogens is 424 g/mol. The Morgan fingerprint density at radius 3 is 2.65 bits per heavy atom. The Hall–Kier alpha value is -3.23. The normalized spacial score (nSPS) is 18.1. The smallest absolute Gasteiger partial charge is 0.159 e. The third kappa shape index (κ3) is 4.31. The molecule has 6 rings (SSSR count). The summed E-state index contributed by atoms with van der Waals surface area (Å²) in [6.07, 6.45) is 7.83. The first kappa shape index (κ1) is 21.3. The van der Waals surface area contributed by atoms with Gasteiger partial charge in [-0.15, -0.1) is 0 Å². The Balaban J connectivity index is 1.25. The molecule has 0 bridgehead atoms. The first-order chi connectivity index (χ1) is 16.7. The van der Waals surface area contributed by atoms with Crippen LogP contribution in [0.5, 0.6) is 0 Å². The average Bonchev–Trinajstić information content (AvgIpc) is 3.53. The number of piperidine rings is 1. The zero-order valence-electron chi connectivity index (χ0n) is 19.8. The van der Waals surface area contributed by atoms with E-state index >= 15 is 0 Å². The molecule has 8 nitrogen and oxygen atoms in total. The number of H-pyrrole nitrogens is 2. The molecule has 0 spiro atoms. The van der Waals surface area contributed by atoms with Crippen LogP contribution in [0.25, 0.3) is 33.8 Å². The van der Waals surface area contributed by atoms with E-state index in [1.54, 1.807) is 0 Å². The van der Waals surface area contributed by atoms with Crippen LogP contribution in [0.15, 0.2) is 42.7 Å². The number of aromatic nitrogens is 5. The average molecular weight is 457 g/mol. The number of para-hydroxylation sites is 1. The van der Waals surface area contributed by atoms with Crippen LogP contribution in [0.2, 0.25) is 0 Å². The maximum Gasteiger partial charge on any atom is 0.159 e. The number of piperazine rings is 1. The molecule has 2 N–H and O–H groups in total. The van der Waals surface area contributed by atoms with Gasteiger partial charge in [-0.2, -0.15) is 5.10 Å². The van der Waals surface area contributed by atoms with E-state index in [4.69, 9.17) is 4.98 Å². The maximum absolute atomic E-state index is 4.96. The Labute approximate surface area is 200 Å². The highest BCUT2D eigenvalue weighted by atomic mass is 15.3. The van der Waals surface area contributed by atoms with Gasteiger partial charge in [0.05, 0.1) is 16.9 Å². The summed E-state index contributed by atoms with van der Waals surface area (Å²) < 4.78 is 0. The summed E-state index contributed by atoms with van der Waals surface area (Å²) >= 11 is 0. The van der Waals surface area contributed by atoms with Crippen LogP contribution in [-0.4, -0.2) is 81.3 Å². The molecule has 4 aromatic rings. The number of hydrogen-bond donors (Lipinski definition) is 2. The van der Waals surface area contributed by atoms with Crippen molar-refractivity contribution in [2.45, 2.75) is 25.8 Å². The van der Waals surface area contributed by atoms with E-state index in [0.717, 1.165) is 66.5 Å². The number of likely N-dealkylation sites (tertiary alicyclic amines) is 1. The number of nitrogens with zero attached hydrogens (tertiary/aromatic N) is 6. The number of benzene rings is 1. The Bertz CT molecular complexity index is 1260. The number of aromatic amines is 2. The molecule has 0 radical (unpaired) electrons. The van der Waals surface area contributed by atoms with Crippen LogP contribution in [-0.2, 0) is 6.54 Å². The van der Waals surface area contributed by atoms with Crippen LogP contribution in [0, 0.1) is 0 Å². The molecule has 2 aliphatic heterocycles. The van der Waals surface area contributed by atoms with Gasteiger partial charge in [-0.1, -0.05) is 12.5 Å². The zero-order chi connectivity index (χ0) is 22.9.